The van der Waals surface area contributed by atoms with Gasteiger partial charge in [-0.05, 0) is 62.4 Å². The Morgan fingerprint density at radius 1 is 0.321 bits per heavy atom. The van der Waals surface area contributed by atoms with E-state index in [1.807, 2.05) is 35.6 Å². The molecule has 0 saturated carbocycles. The Morgan fingerprint density at radius 3 is 1.60 bits per heavy atom. The van der Waals surface area contributed by atoms with Crippen molar-refractivity contribution >= 4 is 42.3 Å². The largest absolute Gasteiger partial charge is 0.228 e. The lowest BCUT2D eigenvalue weighted by atomic mass is 9.87. The quantitative estimate of drug-likeness (QED) is 0.173. The Morgan fingerprint density at radius 2 is 0.868 bits per heavy atom. The summed E-state index contributed by atoms with van der Waals surface area (Å²) in [6.45, 7) is 0. The van der Waals surface area contributed by atoms with Gasteiger partial charge in [-0.25, -0.2) is 9.97 Å². The van der Waals surface area contributed by atoms with Crippen molar-refractivity contribution in [1.29, 1.82) is 0 Å². The minimum atomic E-state index is 0.714. The van der Waals surface area contributed by atoms with Crippen LogP contribution in [0.2, 0.25) is 0 Å². The minimum absolute atomic E-state index is 0.714. The SMILES string of the molecule is c1ccc(-c2ccc(-c3ccc4sc5ccccc5c4c3-c3cccc4c(-c5cc(-c6ccccc6)nc(-c6ccccc6)n5)cccc34)cc2)cc1. The summed E-state index contributed by atoms with van der Waals surface area (Å²) in [6, 6.07) is 69.2. The van der Waals surface area contributed by atoms with Crippen LogP contribution in [0.15, 0.2) is 194 Å². The van der Waals surface area contributed by atoms with Crippen molar-refractivity contribution < 1.29 is 0 Å². The smallest absolute Gasteiger partial charge is 0.160 e. The van der Waals surface area contributed by atoms with Gasteiger partial charge in [-0.2, -0.15) is 0 Å². The van der Waals surface area contributed by atoms with Crippen LogP contribution in [0.4, 0.5) is 0 Å². The third-order valence-electron chi connectivity index (χ3n) is 10.1. The van der Waals surface area contributed by atoms with Crippen LogP contribution < -0.4 is 0 Å². The van der Waals surface area contributed by atoms with Crippen LogP contribution in [-0.4, -0.2) is 9.97 Å². The van der Waals surface area contributed by atoms with E-state index in [9.17, 15) is 0 Å². The predicted molar refractivity (Wildman–Crippen MR) is 225 cm³/mol. The van der Waals surface area contributed by atoms with Gasteiger partial charge in [-0.1, -0.05) is 176 Å². The molecule has 2 aromatic heterocycles. The summed E-state index contributed by atoms with van der Waals surface area (Å²) in [5.74, 6) is 0.714. The van der Waals surface area contributed by atoms with Gasteiger partial charge in [0.1, 0.15) is 0 Å². The maximum Gasteiger partial charge on any atom is 0.160 e. The molecule has 0 amide bonds. The minimum Gasteiger partial charge on any atom is -0.228 e. The molecule has 0 unspecified atom stereocenters. The summed E-state index contributed by atoms with van der Waals surface area (Å²) in [5, 5.41) is 4.93. The second-order valence-electron chi connectivity index (χ2n) is 13.3. The average molecular weight is 693 g/mol. The molecular weight excluding hydrogens is 661 g/mol. The molecule has 0 aliphatic rings. The Labute approximate surface area is 312 Å². The van der Waals surface area contributed by atoms with E-state index in [0.29, 0.717) is 5.82 Å². The third-order valence-corrected chi connectivity index (χ3v) is 11.3. The van der Waals surface area contributed by atoms with E-state index >= 15 is 0 Å². The van der Waals surface area contributed by atoms with Gasteiger partial charge in [0.2, 0.25) is 0 Å². The molecule has 0 fully saturated rings. The van der Waals surface area contributed by atoms with Crippen molar-refractivity contribution in [2.45, 2.75) is 0 Å². The normalized spacial score (nSPS) is 11.4. The second-order valence-corrected chi connectivity index (χ2v) is 14.4. The molecule has 10 aromatic rings. The number of rotatable bonds is 6. The summed E-state index contributed by atoms with van der Waals surface area (Å²) >= 11 is 1.86. The Kier molecular flexibility index (Phi) is 7.71. The van der Waals surface area contributed by atoms with Crippen LogP contribution >= 0.6 is 11.3 Å². The van der Waals surface area contributed by atoms with E-state index in [1.54, 1.807) is 0 Å². The van der Waals surface area contributed by atoms with E-state index in [2.05, 4.69) is 170 Å². The van der Waals surface area contributed by atoms with Gasteiger partial charge in [0.05, 0.1) is 11.4 Å². The fourth-order valence-electron chi connectivity index (χ4n) is 7.62. The second kappa shape index (κ2) is 13.1. The standard InChI is InChI=1S/C50H32N2S/c1-4-14-33(15-5-1)34-26-28-35(29-27-34)38-30-31-47-49(43-20-10-11-25-46(43)53-47)48(38)42-24-13-21-39-40(42)22-12-23-41(39)45-32-44(36-16-6-2-7-17-36)51-50(52-45)37-18-8-3-9-19-37/h1-32H. The number of thiophene rings is 1. The highest BCUT2D eigenvalue weighted by Crippen LogP contribution is 2.47. The lowest BCUT2D eigenvalue weighted by Gasteiger charge is -2.17. The molecule has 2 nitrogen and oxygen atoms in total. The zero-order valence-electron chi connectivity index (χ0n) is 28.8. The zero-order valence-corrected chi connectivity index (χ0v) is 29.6. The van der Waals surface area contributed by atoms with Crippen LogP contribution in [0.3, 0.4) is 0 Å². The fourth-order valence-corrected chi connectivity index (χ4v) is 8.73. The Hall–Kier alpha value is -6.68. The fraction of sp³-hybridized carbons (Fsp3) is 0. The molecular formula is C50H32N2S. The van der Waals surface area contributed by atoms with E-state index in [1.165, 1.54) is 58.9 Å². The molecule has 0 radical (unpaired) electrons. The first kappa shape index (κ1) is 31.1. The summed E-state index contributed by atoms with van der Waals surface area (Å²) in [5.41, 5.74) is 12.2. The van der Waals surface area contributed by atoms with Crippen molar-refractivity contribution in [3.8, 4) is 67.3 Å². The molecule has 0 aliphatic heterocycles. The van der Waals surface area contributed by atoms with Crippen LogP contribution in [-0.2, 0) is 0 Å². The van der Waals surface area contributed by atoms with Crippen molar-refractivity contribution in [2.24, 2.45) is 0 Å². The van der Waals surface area contributed by atoms with Crippen molar-refractivity contribution in [2.75, 3.05) is 0 Å². The maximum absolute atomic E-state index is 5.22. The number of hydrogen-bond acceptors (Lipinski definition) is 3. The molecule has 0 aliphatic carbocycles. The maximum atomic E-state index is 5.22. The summed E-state index contributed by atoms with van der Waals surface area (Å²) in [4.78, 5) is 10.3. The van der Waals surface area contributed by atoms with Crippen LogP contribution in [0.5, 0.6) is 0 Å². The lowest BCUT2D eigenvalue weighted by molar-refractivity contribution is 1.18. The van der Waals surface area contributed by atoms with Crippen molar-refractivity contribution in [1.82, 2.24) is 9.97 Å². The summed E-state index contributed by atoms with van der Waals surface area (Å²) < 4.78 is 2.58. The number of hydrogen-bond donors (Lipinski definition) is 0. The average Bonchev–Trinajstić information content (AvgIpc) is 3.63. The van der Waals surface area contributed by atoms with E-state index in [-0.39, 0.29) is 0 Å². The van der Waals surface area contributed by atoms with Gasteiger partial charge >= 0.3 is 0 Å². The van der Waals surface area contributed by atoms with E-state index < -0.39 is 0 Å². The summed E-state index contributed by atoms with van der Waals surface area (Å²) in [7, 11) is 0. The highest BCUT2D eigenvalue weighted by molar-refractivity contribution is 7.26. The number of fused-ring (bicyclic) bond motifs is 4. The molecule has 8 aromatic carbocycles. The van der Waals surface area contributed by atoms with Crippen LogP contribution in [0.1, 0.15) is 0 Å². The summed E-state index contributed by atoms with van der Waals surface area (Å²) in [6.07, 6.45) is 0. The molecule has 248 valence electrons. The van der Waals surface area contributed by atoms with Gasteiger partial charge in [-0.15, -0.1) is 11.3 Å². The highest BCUT2D eigenvalue weighted by Gasteiger charge is 2.20. The molecule has 0 spiro atoms. The van der Waals surface area contributed by atoms with E-state index in [0.717, 1.165) is 33.5 Å². The van der Waals surface area contributed by atoms with Crippen molar-refractivity contribution in [3.05, 3.63) is 194 Å². The van der Waals surface area contributed by atoms with Gasteiger partial charge < -0.3 is 0 Å². The third kappa shape index (κ3) is 5.59. The van der Waals surface area contributed by atoms with Crippen molar-refractivity contribution in [3.63, 3.8) is 0 Å². The molecule has 0 N–H and O–H groups in total. The molecule has 0 atom stereocenters. The molecule has 0 bridgehead atoms. The Balaban J connectivity index is 1.21. The highest BCUT2D eigenvalue weighted by atomic mass is 32.1. The molecule has 53 heavy (non-hydrogen) atoms. The Bertz CT molecular complexity index is 2860. The molecule has 0 saturated heterocycles. The monoisotopic (exact) mass is 692 g/mol. The van der Waals surface area contributed by atoms with Gasteiger partial charge in [0.15, 0.2) is 5.82 Å². The number of benzene rings is 8. The topological polar surface area (TPSA) is 25.8 Å². The zero-order chi connectivity index (χ0) is 35.1. The van der Waals surface area contributed by atoms with E-state index in [4.69, 9.17) is 9.97 Å². The first-order valence-electron chi connectivity index (χ1n) is 17.9. The number of nitrogens with zero attached hydrogens (tertiary/aromatic N) is 2. The number of aromatic nitrogens is 2. The van der Waals surface area contributed by atoms with Gasteiger partial charge in [0, 0.05) is 36.9 Å². The molecule has 10 rings (SSSR count). The van der Waals surface area contributed by atoms with Gasteiger partial charge in [0.25, 0.3) is 0 Å². The first-order chi connectivity index (χ1) is 26.3. The molecule has 3 heteroatoms. The van der Waals surface area contributed by atoms with Crippen LogP contribution in [0.25, 0.3) is 98.2 Å². The predicted octanol–water partition coefficient (Wildman–Crippen LogP) is 14.0. The van der Waals surface area contributed by atoms with Gasteiger partial charge in [-0.3, -0.25) is 0 Å². The first-order valence-corrected chi connectivity index (χ1v) is 18.7. The lowest BCUT2D eigenvalue weighted by Crippen LogP contribution is -1.96. The van der Waals surface area contributed by atoms with Crippen LogP contribution in [0, 0.1) is 0 Å². The molecule has 2 heterocycles.